The van der Waals surface area contributed by atoms with Gasteiger partial charge in [-0.2, -0.15) is 0 Å². The molecule has 0 saturated carbocycles. The minimum absolute atomic E-state index is 0.393. The number of ether oxygens (including phenoxy) is 1. The van der Waals surface area contributed by atoms with Gasteiger partial charge in [-0.3, -0.25) is 5.32 Å². The second kappa shape index (κ2) is 8.50. The molecule has 0 radical (unpaired) electrons. The van der Waals surface area contributed by atoms with Gasteiger partial charge < -0.3 is 15.4 Å². The maximum absolute atomic E-state index is 11.6. The largest absolute Gasteiger partial charge is 0.448 e. The number of anilines is 1. The van der Waals surface area contributed by atoms with E-state index in [-0.39, 0.29) is 0 Å². The van der Waals surface area contributed by atoms with Gasteiger partial charge in [0.05, 0.1) is 0 Å². The Morgan fingerprint density at radius 2 is 2.11 bits per heavy atom. The molecule has 0 saturated heterocycles. The van der Waals surface area contributed by atoms with Crippen molar-refractivity contribution in [3.8, 4) is 0 Å². The van der Waals surface area contributed by atoms with Gasteiger partial charge in [-0.15, -0.1) is 0 Å². The lowest BCUT2D eigenvalue weighted by Crippen LogP contribution is -2.28. The van der Waals surface area contributed by atoms with Crippen molar-refractivity contribution in [2.24, 2.45) is 5.73 Å². The summed E-state index contributed by atoms with van der Waals surface area (Å²) in [6.07, 6.45) is -0.429. The molecule has 0 aliphatic rings. The van der Waals surface area contributed by atoms with Crippen LogP contribution in [-0.2, 0) is 11.3 Å². The van der Waals surface area contributed by atoms with Crippen molar-refractivity contribution in [2.75, 3.05) is 31.6 Å². The van der Waals surface area contributed by atoms with E-state index >= 15 is 0 Å². The highest BCUT2D eigenvalue weighted by atomic mass is 16.5. The van der Waals surface area contributed by atoms with Gasteiger partial charge in [-0.05, 0) is 30.8 Å². The van der Waals surface area contributed by atoms with E-state index in [1.54, 1.807) is 0 Å². The number of carbonyl (C=O) groups is 1. The SMILES string of the molecule is CCN(CC)CCOC(=O)Nc1cccc(CN)c1. The van der Waals surface area contributed by atoms with Crippen LogP contribution in [0.3, 0.4) is 0 Å². The smallest absolute Gasteiger partial charge is 0.411 e. The van der Waals surface area contributed by atoms with Crippen molar-refractivity contribution < 1.29 is 9.53 Å². The van der Waals surface area contributed by atoms with E-state index in [1.807, 2.05) is 24.3 Å². The Balaban J connectivity index is 2.34. The Morgan fingerprint density at radius 1 is 1.37 bits per heavy atom. The van der Waals surface area contributed by atoms with Gasteiger partial charge in [0.2, 0.25) is 0 Å². The molecule has 1 aromatic carbocycles. The first-order chi connectivity index (χ1) is 9.19. The lowest BCUT2D eigenvalue weighted by atomic mass is 10.2. The number of benzene rings is 1. The normalized spacial score (nSPS) is 10.5. The number of rotatable bonds is 7. The summed E-state index contributed by atoms with van der Waals surface area (Å²) in [7, 11) is 0. The van der Waals surface area contributed by atoms with E-state index in [4.69, 9.17) is 10.5 Å². The van der Waals surface area contributed by atoms with Crippen molar-refractivity contribution in [1.82, 2.24) is 4.90 Å². The molecule has 0 aromatic heterocycles. The third-order valence-corrected chi connectivity index (χ3v) is 2.94. The second-order valence-electron chi connectivity index (χ2n) is 4.19. The summed E-state index contributed by atoms with van der Waals surface area (Å²) >= 11 is 0. The van der Waals surface area contributed by atoms with Crippen LogP contribution in [0.25, 0.3) is 0 Å². The lowest BCUT2D eigenvalue weighted by molar-refractivity contribution is 0.142. The molecule has 1 amide bonds. The van der Waals surface area contributed by atoms with Gasteiger partial charge in [0.25, 0.3) is 0 Å². The van der Waals surface area contributed by atoms with E-state index in [2.05, 4.69) is 24.1 Å². The Kier molecular flexibility index (Phi) is 6.92. The summed E-state index contributed by atoms with van der Waals surface area (Å²) in [6, 6.07) is 7.42. The predicted molar refractivity (Wildman–Crippen MR) is 77.1 cm³/mol. The van der Waals surface area contributed by atoms with Crippen LogP contribution in [0.2, 0.25) is 0 Å². The molecule has 0 spiro atoms. The topological polar surface area (TPSA) is 67.6 Å². The third kappa shape index (κ3) is 5.72. The van der Waals surface area contributed by atoms with E-state index in [9.17, 15) is 4.79 Å². The van der Waals surface area contributed by atoms with Gasteiger partial charge in [-0.1, -0.05) is 26.0 Å². The average molecular weight is 265 g/mol. The molecular formula is C14H23N3O2. The third-order valence-electron chi connectivity index (χ3n) is 2.94. The Labute approximate surface area is 114 Å². The molecule has 0 atom stereocenters. The Morgan fingerprint density at radius 3 is 2.74 bits per heavy atom. The number of nitrogens with zero attached hydrogens (tertiary/aromatic N) is 1. The van der Waals surface area contributed by atoms with Crippen molar-refractivity contribution >= 4 is 11.8 Å². The first kappa shape index (κ1) is 15.5. The highest BCUT2D eigenvalue weighted by Crippen LogP contribution is 2.10. The molecule has 0 aliphatic carbocycles. The molecule has 0 bridgehead atoms. The number of nitrogens with two attached hydrogens (primary N) is 1. The highest BCUT2D eigenvalue weighted by molar-refractivity contribution is 5.84. The van der Waals surface area contributed by atoms with Crippen molar-refractivity contribution in [3.05, 3.63) is 29.8 Å². The van der Waals surface area contributed by atoms with Crippen molar-refractivity contribution in [3.63, 3.8) is 0 Å². The lowest BCUT2D eigenvalue weighted by Gasteiger charge is -2.17. The predicted octanol–water partition coefficient (Wildman–Crippen LogP) is 2.04. The van der Waals surface area contributed by atoms with Gasteiger partial charge >= 0.3 is 6.09 Å². The minimum atomic E-state index is -0.429. The summed E-state index contributed by atoms with van der Waals surface area (Å²) in [5.74, 6) is 0. The quantitative estimate of drug-likeness (QED) is 0.791. The van der Waals surface area contributed by atoms with E-state index < -0.39 is 6.09 Å². The fraction of sp³-hybridized carbons (Fsp3) is 0.500. The van der Waals surface area contributed by atoms with E-state index in [0.29, 0.717) is 18.8 Å². The van der Waals surface area contributed by atoms with E-state index in [1.165, 1.54) is 0 Å². The van der Waals surface area contributed by atoms with Crippen LogP contribution >= 0.6 is 0 Å². The maximum Gasteiger partial charge on any atom is 0.411 e. The first-order valence-electron chi connectivity index (χ1n) is 6.64. The van der Waals surface area contributed by atoms with Gasteiger partial charge in [-0.25, -0.2) is 4.79 Å². The summed E-state index contributed by atoms with van der Waals surface area (Å²) in [5.41, 5.74) is 7.22. The van der Waals surface area contributed by atoms with Gasteiger partial charge in [0, 0.05) is 18.8 Å². The van der Waals surface area contributed by atoms with Crippen LogP contribution in [0, 0.1) is 0 Å². The number of nitrogens with one attached hydrogen (secondary N) is 1. The van der Waals surface area contributed by atoms with Gasteiger partial charge in [0.1, 0.15) is 6.61 Å². The minimum Gasteiger partial charge on any atom is -0.448 e. The standard InChI is InChI=1S/C14H23N3O2/c1-3-17(4-2)8-9-19-14(18)16-13-7-5-6-12(10-13)11-15/h5-7,10H,3-4,8-9,11,15H2,1-2H3,(H,16,18). The van der Waals surface area contributed by atoms with Crippen LogP contribution < -0.4 is 11.1 Å². The molecule has 0 heterocycles. The number of hydrogen-bond donors (Lipinski definition) is 2. The first-order valence-corrected chi connectivity index (χ1v) is 6.64. The Hall–Kier alpha value is -1.59. The fourth-order valence-electron chi connectivity index (χ4n) is 1.74. The molecule has 1 rings (SSSR count). The van der Waals surface area contributed by atoms with Crippen LogP contribution in [-0.4, -0.2) is 37.2 Å². The van der Waals surface area contributed by atoms with Crippen LogP contribution in [0.4, 0.5) is 10.5 Å². The second-order valence-corrected chi connectivity index (χ2v) is 4.19. The fourth-order valence-corrected chi connectivity index (χ4v) is 1.74. The summed E-state index contributed by atoms with van der Waals surface area (Å²) in [6.45, 7) is 7.68. The van der Waals surface area contributed by atoms with Crippen molar-refractivity contribution in [2.45, 2.75) is 20.4 Å². The van der Waals surface area contributed by atoms with E-state index in [0.717, 1.165) is 25.2 Å². The average Bonchev–Trinajstić information content (AvgIpc) is 2.44. The zero-order chi connectivity index (χ0) is 14.1. The summed E-state index contributed by atoms with van der Waals surface area (Å²) < 4.78 is 5.13. The molecule has 0 unspecified atom stereocenters. The number of carbonyl (C=O) groups excluding carboxylic acids is 1. The molecule has 19 heavy (non-hydrogen) atoms. The summed E-state index contributed by atoms with van der Waals surface area (Å²) in [4.78, 5) is 13.8. The molecule has 1 aromatic rings. The van der Waals surface area contributed by atoms with Gasteiger partial charge in [0.15, 0.2) is 0 Å². The van der Waals surface area contributed by atoms with Crippen LogP contribution in [0.5, 0.6) is 0 Å². The molecule has 0 aliphatic heterocycles. The summed E-state index contributed by atoms with van der Waals surface area (Å²) in [5, 5.41) is 2.69. The van der Waals surface area contributed by atoms with Crippen LogP contribution in [0.1, 0.15) is 19.4 Å². The molecule has 106 valence electrons. The number of hydrogen-bond acceptors (Lipinski definition) is 4. The molecule has 5 nitrogen and oxygen atoms in total. The molecule has 0 fully saturated rings. The Bertz CT molecular complexity index is 392. The number of likely N-dealkylation sites (N-methyl/N-ethyl adjacent to an activating group) is 1. The molecule has 3 N–H and O–H groups in total. The number of amides is 1. The molecular weight excluding hydrogens is 242 g/mol. The zero-order valence-corrected chi connectivity index (χ0v) is 11.7. The zero-order valence-electron chi connectivity index (χ0n) is 11.7. The highest BCUT2D eigenvalue weighted by Gasteiger charge is 2.05. The maximum atomic E-state index is 11.6. The monoisotopic (exact) mass is 265 g/mol. The van der Waals surface area contributed by atoms with Crippen molar-refractivity contribution in [1.29, 1.82) is 0 Å². The van der Waals surface area contributed by atoms with Crippen LogP contribution in [0.15, 0.2) is 24.3 Å². The molecule has 5 heteroatoms.